The van der Waals surface area contributed by atoms with Gasteiger partial charge in [0.25, 0.3) is 6.47 Å². The van der Waals surface area contributed by atoms with Crippen molar-refractivity contribution in [3.63, 3.8) is 0 Å². The van der Waals surface area contributed by atoms with Crippen LogP contribution in [0, 0.1) is 13.8 Å². The maximum absolute atomic E-state index is 9.96. The molecular formula is C20H30BrFK2O7. The molecule has 168 valence electrons. The van der Waals surface area contributed by atoms with Crippen molar-refractivity contribution >= 4 is 22.4 Å². The van der Waals surface area contributed by atoms with Crippen molar-refractivity contribution in [2.75, 3.05) is 32.3 Å². The van der Waals surface area contributed by atoms with E-state index in [1.165, 1.54) is 0 Å². The van der Waals surface area contributed by atoms with Gasteiger partial charge in [0.05, 0.1) is 21.7 Å². The van der Waals surface area contributed by atoms with Crippen molar-refractivity contribution in [1.29, 1.82) is 0 Å². The number of aliphatic hydroxyl groups excluding tert-OH is 2. The summed E-state index contributed by atoms with van der Waals surface area (Å²) in [5.74, 6) is 1.22. The van der Waals surface area contributed by atoms with Crippen molar-refractivity contribution in [3.05, 3.63) is 59.7 Å². The molecule has 0 aliphatic rings. The third-order valence-electron chi connectivity index (χ3n) is 2.68. The van der Waals surface area contributed by atoms with Crippen LogP contribution in [0.4, 0.5) is 4.39 Å². The van der Waals surface area contributed by atoms with Crippen molar-refractivity contribution in [3.8, 4) is 11.5 Å². The number of phenolic OH excluding ortho intramolecular Hbond substituents is 1. The summed E-state index contributed by atoms with van der Waals surface area (Å²) >= 11 is 3.00. The molecule has 0 atom stereocenters. The zero-order valence-electron chi connectivity index (χ0n) is 20.5. The van der Waals surface area contributed by atoms with Crippen LogP contribution in [0.25, 0.3) is 0 Å². The first kappa shape index (κ1) is 39.3. The average Bonchev–Trinajstić information content (AvgIpc) is 2.76. The molecule has 0 amide bonds. The zero-order valence-corrected chi connectivity index (χ0v) is 26.3. The van der Waals surface area contributed by atoms with Crippen LogP contribution in [0.2, 0.25) is 0 Å². The summed E-state index contributed by atoms with van der Waals surface area (Å²) in [7, 11) is -1.00. The number of halogens is 2. The normalized spacial score (nSPS) is 8.03. The smallest absolute Gasteiger partial charge is 1.00 e. The van der Waals surface area contributed by atoms with Crippen LogP contribution in [-0.4, -0.2) is 54.1 Å². The van der Waals surface area contributed by atoms with Gasteiger partial charge in [0.15, 0.2) is 0 Å². The number of benzene rings is 2. The van der Waals surface area contributed by atoms with Gasteiger partial charge in [-0.2, -0.15) is 0 Å². The number of aliphatic hydroxyl groups is 2. The summed E-state index contributed by atoms with van der Waals surface area (Å²) in [6, 6.07) is 15.0. The Bertz CT molecular complexity index is 613. The van der Waals surface area contributed by atoms with Gasteiger partial charge in [-0.3, -0.25) is 9.18 Å². The largest absolute Gasteiger partial charge is 1.00 e. The molecule has 0 saturated carbocycles. The fourth-order valence-electron chi connectivity index (χ4n) is 1.44. The third kappa shape index (κ3) is 31.1. The van der Waals surface area contributed by atoms with Gasteiger partial charge >= 0.3 is 103 Å². The minimum atomic E-state index is -1.00. The van der Waals surface area contributed by atoms with E-state index in [-0.39, 0.29) is 124 Å². The van der Waals surface area contributed by atoms with Crippen LogP contribution < -0.4 is 113 Å². The maximum atomic E-state index is 9.96. The number of carbonyl (C=O) groups is 1. The molecule has 11 heteroatoms. The third-order valence-corrected chi connectivity index (χ3v) is 3.04. The zero-order chi connectivity index (χ0) is 23.6. The molecule has 0 heterocycles. The van der Waals surface area contributed by atoms with E-state index in [0.29, 0.717) is 17.7 Å². The topological polar surface area (TPSA) is 119 Å². The summed E-state index contributed by atoms with van der Waals surface area (Å²) in [5.41, 5.74) is 2.02. The molecule has 0 fully saturated rings. The van der Waals surface area contributed by atoms with Gasteiger partial charge in [-0.05, 0) is 37.1 Å². The molecule has 31 heavy (non-hydrogen) atoms. The van der Waals surface area contributed by atoms with E-state index in [4.69, 9.17) is 31.5 Å². The molecule has 0 spiro atoms. The van der Waals surface area contributed by atoms with E-state index in [9.17, 15) is 4.39 Å². The number of para-hydroxylation sites is 2. The minimum Gasteiger partial charge on any atom is -1.00 e. The predicted molar refractivity (Wildman–Crippen MR) is 113 cm³/mol. The number of phenols is 1. The first-order chi connectivity index (χ1) is 14.4. The number of aromatic hydroxyl groups is 1. The van der Waals surface area contributed by atoms with E-state index in [1.807, 2.05) is 56.3 Å². The maximum Gasteiger partial charge on any atom is 1.00 e. The molecule has 0 unspecified atom stereocenters. The molecule has 7 nitrogen and oxygen atoms in total. The van der Waals surface area contributed by atoms with Gasteiger partial charge < -0.3 is 31.6 Å². The van der Waals surface area contributed by atoms with E-state index >= 15 is 0 Å². The van der Waals surface area contributed by atoms with Crippen molar-refractivity contribution in [1.82, 2.24) is 0 Å². The molecular weight excluding hydrogens is 529 g/mol. The summed E-state index contributed by atoms with van der Waals surface area (Å²) in [4.78, 5) is 11.2. The monoisotopic (exact) mass is 559 g/mol. The second kappa shape index (κ2) is 35.7. The Balaban J connectivity index is -0.0000000738. The first-order valence-corrected chi connectivity index (χ1v) is 9.30. The van der Waals surface area contributed by atoms with Crippen molar-refractivity contribution in [2.45, 2.75) is 13.8 Å². The Morgan fingerprint density at radius 2 is 1.52 bits per heavy atom. The first-order valence-electron chi connectivity index (χ1n) is 8.88. The fourth-order valence-corrected chi connectivity index (χ4v) is 1.44. The Kier molecular flexibility index (Phi) is 45.2. The number of hydrogen-bond acceptors (Lipinski definition) is 7. The molecule has 0 aliphatic carbocycles. The number of rotatable bonds is 5. The van der Waals surface area contributed by atoms with Gasteiger partial charge in [-0.15, -0.1) is 0 Å². The van der Waals surface area contributed by atoms with Crippen LogP contribution in [0.15, 0.2) is 48.5 Å². The van der Waals surface area contributed by atoms with Crippen LogP contribution in [-0.2, 0) is 9.68 Å². The van der Waals surface area contributed by atoms with Crippen LogP contribution >= 0.6 is 15.9 Å². The predicted octanol–water partition coefficient (Wildman–Crippen LogP) is -3.42. The van der Waals surface area contributed by atoms with Gasteiger partial charge in [0.1, 0.15) is 18.1 Å². The molecule has 0 bridgehead atoms. The Hall–Kier alpha value is 1.07. The van der Waals surface area contributed by atoms with Gasteiger partial charge in [-0.1, -0.05) is 52.3 Å². The molecule has 0 saturated heterocycles. The molecule has 2 rings (SSSR count). The summed E-state index contributed by atoms with van der Waals surface area (Å²) in [5, 5.41) is 34.4. The number of aryl methyl sites for hydroxylation is 2. The average molecular weight is 561 g/mol. The number of carbonyl (C=O) groups excluding carboxylic acids is 1. The summed E-state index contributed by atoms with van der Waals surface area (Å²) in [6.07, 6.45) is 0. The minimum absolute atomic E-state index is 0. The van der Waals surface area contributed by atoms with Crippen molar-refractivity contribution in [2.24, 2.45) is 0 Å². The number of ether oxygens (including phenoxy) is 1. The van der Waals surface area contributed by atoms with E-state index in [0.717, 1.165) is 16.9 Å². The summed E-state index contributed by atoms with van der Waals surface area (Å²) < 4.78 is 20.7. The van der Waals surface area contributed by atoms with E-state index in [2.05, 4.69) is 20.8 Å². The Labute approximate surface area is 280 Å². The molecule has 2 aromatic rings. The molecule has 0 aliphatic heterocycles. The Morgan fingerprint density at radius 3 is 1.81 bits per heavy atom. The van der Waals surface area contributed by atoms with Crippen LogP contribution in [0.5, 0.6) is 11.5 Å². The second-order valence-electron chi connectivity index (χ2n) is 4.73. The van der Waals surface area contributed by atoms with Crippen molar-refractivity contribution < 1.29 is 145 Å². The van der Waals surface area contributed by atoms with Gasteiger partial charge in [-0.25, -0.2) is 0 Å². The molecule has 3 N–H and O–H groups in total. The molecule has 2 aromatic carbocycles. The summed E-state index contributed by atoms with van der Waals surface area (Å²) in [6.45, 7) is 4.33. The van der Waals surface area contributed by atoms with Gasteiger partial charge in [0, 0.05) is 5.33 Å². The van der Waals surface area contributed by atoms with Gasteiger partial charge in [0.2, 0.25) is 0 Å². The van der Waals surface area contributed by atoms with E-state index in [1.54, 1.807) is 6.07 Å². The SMILES string of the molecule is Cc1ccccc1O.Cc1ccccc1OCCO.O=CO[O-].OCCBr.[2H]CF.[H-].[K+].[K+]. The molecule has 0 radical (unpaired) electrons. The molecule has 0 aromatic heterocycles. The standard InChI is InChI=1S/C9H12O2.C7H8O.C2H5BrO.CH3F.CH2O3.2K.H/c1-8-4-2-3-5-9(8)11-7-6-10;1-6-4-2-3-5-7(6)8;3-1-2-4;1-2;2-1-4-3;;;/h2-5,10H,6-7H2,1H3;2-5,8H,1H3;4H,1-2H2;1H3;1,3H;;;/q;;;;;2*+1;-1/p-1/i;;;1D;;;;. The van der Waals surface area contributed by atoms with Crippen LogP contribution in [0.1, 0.15) is 13.9 Å². The number of alkyl halides is 2. The van der Waals surface area contributed by atoms with Crippen LogP contribution in [0.3, 0.4) is 0 Å². The Morgan fingerprint density at radius 1 is 1.10 bits per heavy atom. The fraction of sp³-hybridized carbons (Fsp3) is 0.350. The quantitative estimate of drug-likeness (QED) is 0.115. The van der Waals surface area contributed by atoms with E-state index < -0.39 is 7.15 Å². The number of hydrogen-bond donors (Lipinski definition) is 3. The second-order valence-corrected chi connectivity index (χ2v) is 5.52.